The molecule has 1 heterocycles. The molecule has 2 aliphatic rings. The van der Waals surface area contributed by atoms with E-state index in [2.05, 4.69) is 5.32 Å². The molecular formula is C13H14ClNO. The number of rotatable bonds is 0. The fourth-order valence-corrected chi connectivity index (χ4v) is 3.54. The molecule has 1 spiro atoms. The Kier molecular flexibility index (Phi) is 2.21. The molecule has 1 aromatic carbocycles. The Morgan fingerprint density at radius 3 is 2.75 bits per heavy atom. The standard InChI is InChI=1S/C13H14ClNO/c14-10-5-3-4-9-11(10)13(6-1-2-7-13)8-15-12(9)16/h3-5H,1-2,6-8H2,(H,15,16). The highest BCUT2D eigenvalue weighted by Gasteiger charge is 2.42. The maximum absolute atomic E-state index is 11.8. The van der Waals surface area contributed by atoms with E-state index in [9.17, 15) is 4.79 Å². The number of amides is 1. The summed E-state index contributed by atoms with van der Waals surface area (Å²) in [7, 11) is 0. The van der Waals surface area contributed by atoms with Gasteiger partial charge in [-0.05, 0) is 30.5 Å². The van der Waals surface area contributed by atoms with E-state index in [-0.39, 0.29) is 11.3 Å². The highest BCUT2D eigenvalue weighted by atomic mass is 35.5. The van der Waals surface area contributed by atoms with E-state index in [4.69, 9.17) is 11.6 Å². The van der Waals surface area contributed by atoms with Gasteiger partial charge < -0.3 is 5.32 Å². The minimum absolute atomic E-state index is 0.0232. The van der Waals surface area contributed by atoms with Gasteiger partial charge in [0.15, 0.2) is 0 Å². The zero-order chi connectivity index (χ0) is 11.2. The van der Waals surface area contributed by atoms with Crippen molar-refractivity contribution in [3.05, 3.63) is 34.3 Å². The van der Waals surface area contributed by atoms with Crippen molar-refractivity contribution in [1.29, 1.82) is 0 Å². The van der Waals surface area contributed by atoms with Crippen LogP contribution in [-0.4, -0.2) is 12.5 Å². The SMILES string of the molecule is O=C1NCC2(CCCC2)c2c(Cl)cccc21. The van der Waals surface area contributed by atoms with Crippen molar-refractivity contribution in [2.24, 2.45) is 0 Å². The van der Waals surface area contributed by atoms with E-state index >= 15 is 0 Å². The predicted molar refractivity (Wildman–Crippen MR) is 63.9 cm³/mol. The lowest BCUT2D eigenvalue weighted by Crippen LogP contribution is -2.45. The van der Waals surface area contributed by atoms with Crippen LogP contribution in [0.4, 0.5) is 0 Å². The van der Waals surface area contributed by atoms with E-state index in [1.165, 1.54) is 12.8 Å². The van der Waals surface area contributed by atoms with Gasteiger partial charge in [0.2, 0.25) is 0 Å². The van der Waals surface area contributed by atoms with Gasteiger partial charge in [-0.2, -0.15) is 0 Å². The Labute approximate surface area is 100.0 Å². The van der Waals surface area contributed by atoms with Crippen LogP contribution in [0.5, 0.6) is 0 Å². The third kappa shape index (κ3) is 1.29. The van der Waals surface area contributed by atoms with Crippen LogP contribution < -0.4 is 5.32 Å². The van der Waals surface area contributed by atoms with Gasteiger partial charge in [-0.25, -0.2) is 0 Å². The molecule has 1 saturated carbocycles. The van der Waals surface area contributed by atoms with Crippen LogP contribution in [-0.2, 0) is 5.41 Å². The summed E-state index contributed by atoms with van der Waals surface area (Å²) in [6, 6.07) is 5.64. The molecule has 1 aliphatic carbocycles. The largest absolute Gasteiger partial charge is 0.351 e. The smallest absolute Gasteiger partial charge is 0.251 e. The first-order valence-electron chi connectivity index (χ1n) is 5.80. The third-order valence-electron chi connectivity index (χ3n) is 3.94. The summed E-state index contributed by atoms with van der Waals surface area (Å²) < 4.78 is 0. The molecule has 0 radical (unpaired) electrons. The molecule has 0 saturated heterocycles. The first-order chi connectivity index (χ1) is 7.73. The van der Waals surface area contributed by atoms with Crippen molar-refractivity contribution >= 4 is 17.5 Å². The number of carbonyl (C=O) groups is 1. The Bertz CT molecular complexity index is 449. The Hall–Kier alpha value is -1.02. The number of nitrogens with one attached hydrogen (secondary N) is 1. The van der Waals surface area contributed by atoms with Gasteiger partial charge in [0.25, 0.3) is 5.91 Å². The number of carbonyl (C=O) groups excluding carboxylic acids is 1. The molecular weight excluding hydrogens is 222 g/mol. The number of hydrogen-bond acceptors (Lipinski definition) is 1. The lowest BCUT2D eigenvalue weighted by Gasteiger charge is -2.36. The van der Waals surface area contributed by atoms with Crippen molar-refractivity contribution in [3.8, 4) is 0 Å². The lowest BCUT2D eigenvalue weighted by atomic mass is 9.74. The molecule has 2 nitrogen and oxygen atoms in total. The first kappa shape index (κ1) is 10.2. The molecule has 0 atom stereocenters. The molecule has 1 fully saturated rings. The number of hydrogen-bond donors (Lipinski definition) is 1. The zero-order valence-corrected chi connectivity index (χ0v) is 9.81. The Morgan fingerprint density at radius 2 is 2.00 bits per heavy atom. The fraction of sp³-hybridized carbons (Fsp3) is 0.462. The Balaban J connectivity index is 2.22. The molecule has 0 aromatic heterocycles. The second-order valence-corrected chi connectivity index (χ2v) is 5.24. The molecule has 0 unspecified atom stereocenters. The average Bonchev–Trinajstić information content (AvgIpc) is 2.74. The second kappa shape index (κ2) is 3.49. The van der Waals surface area contributed by atoms with Crippen molar-refractivity contribution in [2.75, 3.05) is 6.54 Å². The number of fused-ring (bicyclic) bond motifs is 2. The number of halogens is 1. The second-order valence-electron chi connectivity index (χ2n) is 4.83. The molecule has 1 aromatic rings. The van der Waals surface area contributed by atoms with Crippen LogP contribution in [0.15, 0.2) is 18.2 Å². The molecule has 1 aliphatic heterocycles. The van der Waals surface area contributed by atoms with Gasteiger partial charge in [-0.15, -0.1) is 0 Å². The van der Waals surface area contributed by atoms with Crippen LogP contribution in [0.25, 0.3) is 0 Å². The monoisotopic (exact) mass is 235 g/mol. The minimum atomic E-state index is 0.0232. The summed E-state index contributed by atoms with van der Waals surface area (Å²) in [5.41, 5.74) is 1.99. The third-order valence-corrected chi connectivity index (χ3v) is 4.25. The quantitative estimate of drug-likeness (QED) is 0.736. The lowest BCUT2D eigenvalue weighted by molar-refractivity contribution is 0.0925. The number of benzene rings is 1. The van der Waals surface area contributed by atoms with Gasteiger partial charge in [0.1, 0.15) is 0 Å². The molecule has 1 N–H and O–H groups in total. The van der Waals surface area contributed by atoms with Gasteiger partial charge in [-0.1, -0.05) is 30.5 Å². The normalized spacial score (nSPS) is 21.9. The molecule has 16 heavy (non-hydrogen) atoms. The van der Waals surface area contributed by atoms with E-state index < -0.39 is 0 Å². The minimum Gasteiger partial charge on any atom is -0.351 e. The fourth-order valence-electron chi connectivity index (χ4n) is 3.16. The molecule has 0 bridgehead atoms. The van der Waals surface area contributed by atoms with Gasteiger partial charge in [0.05, 0.1) is 0 Å². The molecule has 1 amide bonds. The highest BCUT2D eigenvalue weighted by Crippen LogP contribution is 2.46. The highest BCUT2D eigenvalue weighted by molar-refractivity contribution is 6.32. The van der Waals surface area contributed by atoms with Crippen molar-refractivity contribution < 1.29 is 4.79 Å². The van der Waals surface area contributed by atoms with Gasteiger partial charge in [0, 0.05) is 22.5 Å². The molecule has 3 heteroatoms. The summed E-state index contributed by atoms with van der Waals surface area (Å²) in [6.45, 7) is 0.753. The maximum atomic E-state index is 11.8. The van der Waals surface area contributed by atoms with Gasteiger partial charge >= 0.3 is 0 Å². The molecule has 84 valence electrons. The maximum Gasteiger partial charge on any atom is 0.251 e. The summed E-state index contributed by atoms with van der Waals surface area (Å²) in [5.74, 6) is 0.0232. The topological polar surface area (TPSA) is 29.1 Å². The summed E-state index contributed by atoms with van der Waals surface area (Å²) >= 11 is 6.30. The van der Waals surface area contributed by atoms with Crippen LogP contribution in [0.3, 0.4) is 0 Å². The van der Waals surface area contributed by atoms with Gasteiger partial charge in [-0.3, -0.25) is 4.79 Å². The van der Waals surface area contributed by atoms with E-state index in [1.54, 1.807) is 0 Å². The van der Waals surface area contributed by atoms with E-state index in [0.29, 0.717) is 0 Å². The Morgan fingerprint density at radius 1 is 1.25 bits per heavy atom. The van der Waals surface area contributed by atoms with Crippen molar-refractivity contribution in [2.45, 2.75) is 31.1 Å². The summed E-state index contributed by atoms with van der Waals surface area (Å²) in [4.78, 5) is 11.8. The zero-order valence-electron chi connectivity index (χ0n) is 9.05. The summed E-state index contributed by atoms with van der Waals surface area (Å²) in [5, 5.41) is 3.76. The van der Waals surface area contributed by atoms with Crippen LogP contribution in [0.2, 0.25) is 5.02 Å². The predicted octanol–water partition coefficient (Wildman–Crippen LogP) is 2.90. The van der Waals surface area contributed by atoms with E-state index in [1.807, 2.05) is 18.2 Å². The summed E-state index contributed by atoms with van der Waals surface area (Å²) in [6.07, 6.45) is 4.76. The van der Waals surface area contributed by atoms with Crippen LogP contribution in [0, 0.1) is 0 Å². The van der Waals surface area contributed by atoms with Crippen molar-refractivity contribution in [1.82, 2.24) is 5.32 Å². The molecule has 3 rings (SSSR count). The average molecular weight is 236 g/mol. The van der Waals surface area contributed by atoms with Crippen LogP contribution >= 0.6 is 11.6 Å². The van der Waals surface area contributed by atoms with Crippen LogP contribution in [0.1, 0.15) is 41.6 Å². The van der Waals surface area contributed by atoms with Crippen molar-refractivity contribution in [3.63, 3.8) is 0 Å². The first-order valence-corrected chi connectivity index (χ1v) is 6.18. The van der Waals surface area contributed by atoms with E-state index in [0.717, 1.165) is 35.5 Å².